The van der Waals surface area contributed by atoms with Crippen molar-refractivity contribution in [3.8, 4) is 0 Å². The molecule has 0 aromatic heterocycles. The van der Waals surface area contributed by atoms with E-state index in [-0.39, 0.29) is 5.54 Å². The van der Waals surface area contributed by atoms with Crippen molar-refractivity contribution >= 4 is 6.08 Å². The summed E-state index contributed by atoms with van der Waals surface area (Å²) in [5, 5.41) is 0. The molecule has 0 unspecified atom stereocenters. The Bertz CT molecular complexity index is 439. The van der Waals surface area contributed by atoms with Crippen LogP contribution >= 0.6 is 0 Å². The van der Waals surface area contributed by atoms with Gasteiger partial charge in [0.15, 0.2) is 0 Å². The zero-order chi connectivity index (χ0) is 16.6. The standard InChI is InChI=1S/C19H32NO2/c1-7-17-11-13-18(14-12-17)15-21-22-16-19(5,6)20(8-2,9-3)10-4/h7,11-14H,1,8-10,15-16H2,2-6H3/q+1. The van der Waals surface area contributed by atoms with Gasteiger partial charge in [0.25, 0.3) is 0 Å². The van der Waals surface area contributed by atoms with Crippen LogP contribution in [0.5, 0.6) is 0 Å². The molecule has 1 rings (SSSR count). The van der Waals surface area contributed by atoms with Crippen LogP contribution in [0.1, 0.15) is 45.7 Å². The zero-order valence-corrected chi connectivity index (χ0v) is 14.9. The van der Waals surface area contributed by atoms with Gasteiger partial charge in [-0.15, -0.1) is 0 Å². The summed E-state index contributed by atoms with van der Waals surface area (Å²) in [6, 6.07) is 8.14. The van der Waals surface area contributed by atoms with E-state index in [0.717, 1.165) is 35.2 Å². The van der Waals surface area contributed by atoms with Gasteiger partial charge >= 0.3 is 0 Å². The summed E-state index contributed by atoms with van der Waals surface area (Å²) in [6.07, 6.45) is 1.83. The largest absolute Gasteiger partial charge is 0.318 e. The zero-order valence-electron chi connectivity index (χ0n) is 14.9. The van der Waals surface area contributed by atoms with E-state index in [1.807, 2.05) is 30.3 Å². The summed E-state index contributed by atoms with van der Waals surface area (Å²) < 4.78 is 1.03. The minimum atomic E-state index is 0.0327. The number of hydrogen-bond donors (Lipinski definition) is 0. The van der Waals surface area contributed by atoms with Crippen molar-refractivity contribution in [2.45, 2.75) is 46.8 Å². The highest BCUT2D eigenvalue weighted by Gasteiger charge is 2.40. The first-order chi connectivity index (χ1) is 10.4. The van der Waals surface area contributed by atoms with Gasteiger partial charge < -0.3 is 4.48 Å². The van der Waals surface area contributed by atoms with E-state index < -0.39 is 0 Å². The average Bonchev–Trinajstić information content (AvgIpc) is 2.54. The summed E-state index contributed by atoms with van der Waals surface area (Å²) in [7, 11) is 0. The molecule has 0 N–H and O–H groups in total. The Labute approximate surface area is 136 Å². The summed E-state index contributed by atoms with van der Waals surface area (Å²) in [6.45, 7) is 19.4. The van der Waals surface area contributed by atoms with Crippen LogP contribution in [0.2, 0.25) is 0 Å². The van der Waals surface area contributed by atoms with Gasteiger partial charge in [-0.3, -0.25) is 0 Å². The molecule has 0 saturated carbocycles. The number of rotatable bonds is 10. The summed E-state index contributed by atoms with van der Waals surface area (Å²) >= 11 is 0. The first-order valence-electron chi connectivity index (χ1n) is 8.26. The number of benzene rings is 1. The fraction of sp³-hybridized carbons (Fsp3) is 0.579. The molecule has 0 radical (unpaired) electrons. The second-order valence-electron chi connectivity index (χ2n) is 6.38. The van der Waals surface area contributed by atoms with Crippen molar-refractivity contribution in [3.05, 3.63) is 42.0 Å². The number of hydrogen-bond acceptors (Lipinski definition) is 2. The molecule has 0 spiro atoms. The average molecular weight is 306 g/mol. The molecule has 0 aliphatic carbocycles. The summed E-state index contributed by atoms with van der Waals surface area (Å²) in [4.78, 5) is 11.0. The van der Waals surface area contributed by atoms with Gasteiger partial charge in [-0.05, 0) is 45.7 Å². The van der Waals surface area contributed by atoms with Crippen LogP contribution in [0.25, 0.3) is 6.08 Å². The van der Waals surface area contributed by atoms with Gasteiger partial charge in [-0.1, -0.05) is 36.9 Å². The second-order valence-corrected chi connectivity index (χ2v) is 6.38. The van der Waals surface area contributed by atoms with E-state index >= 15 is 0 Å². The van der Waals surface area contributed by atoms with Crippen molar-refractivity contribution in [3.63, 3.8) is 0 Å². The molecule has 1 aromatic rings. The van der Waals surface area contributed by atoms with Crippen LogP contribution < -0.4 is 0 Å². The van der Waals surface area contributed by atoms with Crippen LogP contribution in [-0.2, 0) is 16.4 Å². The Morgan fingerprint density at radius 1 is 1.00 bits per heavy atom. The Balaban J connectivity index is 2.49. The maximum Gasteiger partial charge on any atom is 0.136 e. The third kappa shape index (κ3) is 4.42. The summed E-state index contributed by atoms with van der Waals surface area (Å²) in [5.74, 6) is 0. The first-order valence-corrected chi connectivity index (χ1v) is 8.26. The Hall–Kier alpha value is -1.16. The van der Waals surface area contributed by atoms with E-state index in [1.54, 1.807) is 0 Å². The van der Waals surface area contributed by atoms with Crippen molar-refractivity contribution in [1.29, 1.82) is 0 Å². The van der Waals surface area contributed by atoms with E-state index in [4.69, 9.17) is 9.78 Å². The fourth-order valence-electron chi connectivity index (χ4n) is 3.14. The van der Waals surface area contributed by atoms with Crippen LogP contribution in [0, 0.1) is 0 Å². The SMILES string of the molecule is C=Cc1ccc(COOCC(C)(C)[N+](CC)(CC)CC)cc1. The van der Waals surface area contributed by atoms with E-state index in [9.17, 15) is 0 Å². The van der Waals surface area contributed by atoms with Gasteiger partial charge in [-0.25, -0.2) is 9.78 Å². The molecular formula is C19H32NO2+. The van der Waals surface area contributed by atoms with Crippen molar-refractivity contribution < 1.29 is 14.3 Å². The molecule has 0 fully saturated rings. The molecule has 0 aliphatic rings. The Morgan fingerprint density at radius 3 is 2.00 bits per heavy atom. The number of quaternary nitrogens is 1. The van der Waals surface area contributed by atoms with Gasteiger partial charge in [0, 0.05) is 0 Å². The lowest BCUT2D eigenvalue weighted by molar-refractivity contribution is -0.969. The number of nitrogens with zero attached hydrogens (tertiary/aromatic N) is 1. The normalized spacial score (nSPS) is 12.4. The highest BCUT2D eigenvalue weighted by molar-refractivity contribution is 5.47. The highest BCUT2D eigenvalue weighted by Crippen LogP contribution is 2.25. The quantitative estimate of drug-likeness (QED) is 0.275. The van der Waals surface area contributed by atoms with E-state index in [1.165, 1.54) is 0 Å². The third-order valence-electron chi connectivity index (χ3n) is 5.04. The van der Waals surface area contributed by atoms with Gasteiger partial charge in [0.1, 0.15) is 18.8 Å². The molecule has 124 valence electrons. The minimum absolute atomic E-state index is 0.0327. The summed E-state index contributed by atoms with van der Waals surface area (Å²) in [5.41, 5.74) is 2.25. The fourth-order valence-corrected chi connectivity index (χ4v) is 3.14. The van der Waals surface area contributed by atoms with Gasteiger partial charge in [0.05, 0.1) is 19.6 Å². The van der Waals surface area contributed by atoms with Gasteiger partial charge in [-0.2, -0.15) is 0 Å². The maximum absolute atomic E-state index is 5.53. The van der Waals surface area contributed by atoms with E-state index in [2.05, 4.69) is 41.2 Å². The smallest absolute Gasteiger partial charge is 0.136 e. The maximum atomic E-state index is 5.53. The monoisotopic (exact) mass is 306 g/mol. The van der Waals surface area contributed by atoms with Crippen LogP contribution in [0.4, 0.5) is 0 Å². The second kappa shape index (κ2) is 8.47. The first kappa shape index (κ1) is 18.9. The molecular weight excluding hydrogens is 274 g/mol. The third-order valence-corrected chi connectivity index (χ3v) is 5.04. The molecule has 0 saturated heterocycles. The molecule has 0 amide bonds. The Morgan fingerprint density at radius 2 is 1.55 bits per heavy atom. The molecule has 0 bridgehead atoms. The molecule has 3 heteroatoms. The molecule has 0 atom stereocenters. The molecule has 0 aliphatic heterocycles. The van der Waals surface area contributed by atoms with Crippen molar-refractivity contribution in [2.75, 3.05) is 26.2 Å². The molecule has 0 heterocycles. The van der Waals surface area contributed by atoms with Crippen LogP contribution in [0.15, 0.2) is 30.8 Å². The lowest BCUT2D eigenvalue weighted by atomic mass is 9.99. The molecule has 3 nitrogen and oxygen atoms in total. The van der Waals surface area contributed by atoms with Crippen molar-refractivity contribution in [2.24, 2.45) is 0 Å². The van der Waals surface area contributed by atoms with Gasteiger partial charge in [0.2, 0.25) is 0 Å². The minimum Gasteiger partial charge on any atom is -0.318 e. The molecule has 22 heavy (non-hydrogen) atoms. The predicted molar refractivity (Wildman–Crippen MR) is 93.2 cm³/mol. The lowest BCUT2D eigenvalue weighted by Gasteiger charge is -2.48. The van der Waals surface area contributed by atoms with Crippen LogP contribution in [0.3, 0.4) is 0 Å². The van der Waals surface area contributed by atoms with Crippen LogP contribution in [-0.4, -0.2) is 36.3 Å². The van der Waals surface area contributed by atoms with Crippen molar-refractivity contribution in [1.82, 2.24) is 0 Å². The topological polar surface area (TPSA) is 18.5 Å². The predicted octanol–water partition coefficient (Wildman–Crippen LogP) is 4.43. The van der Waals surface area contributed by atoms with E-state index in [0.29, 0.717) is 13.2 Å². The Kier molecular flexibility index (Phi) is 7.27. The molecule has 1 aromatic carbocycles. The highest BCUT2D eigenvalue weighted by atomic mass is 17.2. The number of likely N-dealkylation sites (N-methyl/N-ethyl adjacent to an activating group) is 1. The lowest BCUT2D eigenvalue weighted by Crippen LogP contribution is -2.63.